The summed E-state index contributed by atoms with van der Waals surface area (Å²) >= 11 is 0. The van der Waals surface area contributed by atoms with E-state index in [1.165, 1.54) is 6.92 Å². The molecule has 50 heavy (non-hydrogen) atoms. The van der Waals surface area contributed by atoms with Crippen LogP contribution in [0.5, 0.6) is 0 Å². The minimum absolute atomic E-state index is 0.0748. The van der Waals surface area contributed by atoms with Crippen molar-refractivity contribution in [2.24, 2.45) is 23.7 Å². The van der Waals surface area contributed by atoms with Gasteiger partial charge in [-0.1, -0.05) is 88.4 Å². The molecule has 2 amide bonds. The quantitative estimate of drug-likeness (QED) is 0.0594. The molecule has 6 atom stereocenters. The first-order chi connectivity index (χ1) is 22.4. The summed E-state index contributed by atoms with van der Waals surface area (Å²) < 4.78 is 23.7. The van der Waals surface area contributed by atoms with Gasteiger partial charge in [0, 0.05) is 8.07 Å². The molecule has 0 fully saturated rings. The van der Waals surface area contributed by atoms with Gasteiger partial charge in [0.25, 0.3) is 0 Å². The summed E-state index contributed by atoms with van der Waals surface area (Å²) in [5.41, 5.74) is -0.773. The molecule has 0 aromatic heterocycles. The average molecular weight is 745 g/mol. The molecule has 0 aliphatic heterocycles. The first kappa shape index (κ1) is 47.7. The monoisotopic (exact) mass is 744 g/mol. The van der Waals surface area contributed by atoms with Crippen LogP contribution >= 0.6 is 0 Å². The van der Waals surface area contributed by atoms with Crippen molar-refractivity contribution in [2.45, 2.75) is 177 Å². The lowest BCUT2D eigenvalue weighted by Gasteiger charge is -2.42. The van der Waals surface area contributed by atoms with E-state index < -0.39 is 87.8 Å². The van der Waals surface area contributed by atoms with Crippen LogP contribution in [-0.2, 0) is 37.8 Å². The van der Waals surface area contributed by atoms with Gasteiger partial charge in [-0.25, -0.2) is 14.4 Å². The molecule has 11 nitrogen and oxygen atoms in total. The van der Waals surface area contributed by atoms with Crippen LogP contribution in [0.25, 0.3) is 0 Å². The normalized spacial score (nSPS) is 16.5. The number of hydrogen-bond acceptors (Lipinski definition) is 9. The van der Waals surface area contributed by atoms with Crippen molar-refractivity contribution >= 4 is 46.1 Å². The summed E-state index contributed by atoms with van der Waals surface area (Å²) in [6.45, 7) is 34.8. The van der Waals surface area contributed by atoms with Crippen molar-refractivity contribution in [3.05, 3.63) is 0 Å². The van der Waals surface area contributed by atoms with Crippen LogP contribution in [0.15, 0.2) is 0 Å². The number of rotatable bonds is 19. The molecule has 0 aromatic carbocycles. The van der Waals surface area contributed by atoms with E-state index in [-0.39, 0.29) is 23.5 Å². The summed E-state index contributed by atoms with van der Waals surface area (Å²) in [5, 5.41) is 5.31. The predicted octanol–water partition coefficient (Wildman–Crippen LogP) is 7.50. The number of Topliss-reactive ketones (excluding diaryl/α,β-unsaturated/α-hetero) is 1. The predicted molar refractivity (Wildman–Crippen MR) is 204 cm³/mol. The first-order valence-electron chi connectivity index (χ1n) is 18.3. The fraction of sp³-hybridized carbons (Fsp3) is 0.865. The van der Waals surface area contributed by atoms with Crippen LogP contribution in [0.2, 0.25) is 43.8 Å². The number of esters is 2. The van der Waals surface area contributed by atoms with Crippen molar-refractivity contribution in [2.75, 3.05) is 6.61 Å². The molecule has 0 unspecified atom stereocenters. The largest absolute Gasteiger partial charge is 0.464 e. The molecular weight excluding hydrogens is 673 g/mol. The number of alkyl carbamates (subject to hydrolysis) is 1. The van der Waals surface area contributed by atoms with Gasteiger partial charge in [-0.2, -0.15) is 0 Å². The highest BCUT2D eigenvalue weighted by Gasteiger charge is 2.47. The van der Waals surface area contributed by atoms with Crippen LogP contribution in [0.4, 0.5) is 4.79 Å². The second-order valence-corrected chi connectivity index (χ2v) is 28.6. The third-order valence-electron chi connectivity index (χ3n) is 9.08. The smallest absolute Gasteiger partial charge is 0.407 e. The molecule has 0 aliphatic rings. The molecule has 0 spiro atoms. The van der Waals surface area contributed by atoms with Gasteiger partial charge in [-0.15, -0.1) is 0 Å². The Kier molecular flexibility index (Phi) is 18.7. The van der Waals surface area contributed by atoms with E-state index in [0.717, 1.165) is 6.04 Å². The minimum Gasteiger partial charge on any atom is -0.464 e. The van der Waals surface area contributed by atoms with Gasteiger partial charge >= 0.3 is 18.0 Å². The highest BCUT2D eigenvalue weighted by atomic mass is 28.4. The molecule has 0 saturated carbocycles. The average Bonchev–Trinajstić information content (AvgIpc) is 2.93. The van der Waals surface area contributed by atoms with Gasteiger partial charge in [0.1, 0.15) is 11.6 Å². The standard InChI is InChI=1S/C37H72N2O9Si2/c1-19-25(6)28(39-35(44)47-36(8,9)10)31(48-50(17,18)37(11,12)13)34(43)46-30(24(4)5)29(40)26(7)32(41)38-27(22-23(2)3)33(42)45-20-21-49(14,15)16/h23-28,30-31H,19-22H2,1-18H3,(H,38,41)(H,39,44)/t25-,26+,27+,28-,30+,31-/m1/s1. The second-order valence-electron chi connectivity index (χ2n) is 18.3. The highest BCUT2D eigenvalue weighted by Crippen LogP contribution is 2.38. The van der Waals surface area contributed by atoms with E-state index in [9.17, 15) is 24.0 Å². The lowest BCUT2D eigenvalue weighted by atomic mass is 9.92. The van der Waals surface area contributed by atoms with E-state index in [2.05, 4.69) is 30.3 Å². The Labute approximate surface area is 305 Å². The third-order valence-corrected chi connectivity index (χ3v) is 15.2. The molecule has 0 aromatic rings. The van der Waals surface area contributed by atoms with Crippen LogP contribution in [0.1, 0.15) is 103 Å². The Morgan fingerprint density at radius 3 is 1.72 bits per heavy atom. The molecule has 2 N–H and O–H groups in total. The Bertz CT molecular complexity index is 1140. The van der Waals surface area contributed by atoms with E-state index in [1.54, 1.807) is 34.6 Å². The van der Waals surface area contributed by atoms with E-state index in [1.807, 2.05) is 61.6 Å². The molecular formula is C37H72N2O9Si2. The Hall–Kier alpha value is -2.26. The zero-order chi connectivity index (χ0) is 39.6. The van der Waals surface area contributed by atoms with E-state index in [0.29, 0.717) is 12.8 Å². The Morgan fingerprint density at radius 2 is 1.30 bits per heavy atom. The van der Waals surface area contributed by atoms with Gasteiger partial charge in [0.2, 0.25) is 5.91 Å². The number of carbonyl (C=O) groups excluding carboxylic acids is 5. The SMILES string of the molecule is CC[C@@H](C)[C@@H](NC(=O)OC(C)(C)C)[C@@H](O[Si](C)(C)C(C)(C)C)C(=O)O[C@H](C(=O)[C@H](C)C(=O)N[C@@H](CC(C)C)C(=O)OCC[Si](C)(C)C)C(C)C. The molecule has 0 bridgehead atoms. The van der Waals surface area contributed by atoms with Crippen LogP contribution in [0.3, 0.4) is 0 Å². The summed E-state index contributed by atoms with van der Waals surface area (Å²) in [5.74, 6) is -4.47. The van der Waals surface area contributed by atoms with Crippen molar-refractivity contribution in [1.29, 1.82) is 0 Å². The lowest BCUT2D eigenvalue weighted by molar-refractivity contribution is -0.168. The summed E-state index contributed by atoms with van der Waals surface area (Å²) in [7, 11) is -4.08. The van der Waals surface area contributed by atoms with Crippen LogP contribution < -0.4 is 10.6 Å². The van der Waals surface area contributed by atoms with E-state index >= 15 is 0 Å². The maximum Gasteiger partial charge on any atom is 0.407 e. The zero-order valence-electron chi connectivity index (χ0n) is 34.6. The summed E-state index contributed by atoms with van der Waals surface area (Å²) in [6.07, 6.45) is -2.29. The Morgan fingerprint density at radius 1 is 0.760 bits per heavy atom. The fourth-order valence-corrected chi connectivity index (χ4v) is 6.55. The fourth-order valence-electron chi connectivity index (χ4n) is 4.61. The van der Waals surface area contributed by atoms with Gasteiger partial charge in [0.05, 0.1) is 18.6 Å². The van der Waals surface area contributed by atoms with Gasteiger partial charge in [-0.3, -0.25) is 9.59 Å². The number of nitrogens with one attached hydrogen (secondary N) is 2. The summed E-state index contributed by atoms with van der Waals surface area (Å²) in [6, 6.07) is -0.955. The minimum atomic E-state index is -2.64. The highest BCUT2D eigenvalue weighted by molar-refractivity contribution is 6.76. The third kappa shape index (κ3) is 16.8. The van der Waals surface area contributed by atoms with Crippen molar-refractivity contribution in [3.63, 3.8) is 0 Å². The van der Waals surface area contributed by atoms with Crippen LogP contribution in [0, 0.1) is 23.7 Å². The molecule has 0 saturated heterocycles. The maximum atomic E-state index is 14.2. The van der Waals surface area contributed by atoms with Gasteiger partial charge < -0.3 is 29.3 Å². The molecule has 0 radical (unpaired) electrons. The van der Waals surface area contributed by atoms with Gasteiger partial charge in [-0.05, 0) is 76.0 Å². The number of hydrogen-bond donors (Lipinski definition) is 2. The number of ether oxygens (including phenoxy) is 3. The molecule has 0 rings (SSSR count). The van der Waals surface area contributed by atoms with Crippen molar-refractivity contribution in [1.82, 2.24) is 10.6 Å². The number of carbonyl (C=O) groups is 5. The molecule has 292 valence electrons. The van der Waals surface area contributed by atoms with Gasteiger partial charge in [0.15, 0.2) is 26.3 Å². The molecule has 0 heterocycles. The molecule has 0 aliphatic carbocycles. The lowest BCUT2D eigenvalue weighted by Crippen LogP contribution is -2.58. The Balaban J connectivity index is 6.44. The van der Waals surface area contributed by atoms with E-state index in [4.69, 9.17) is 18.6 Å². The maximum absolute atomic E-state index is 14.2. The van der Waals surface area contributed by atoms with Crippen LogP contribution in [-0.4, -0.2) is 82.6 Å². The van der Waals surface area contributed by atoms with Crippen molar-refractivity contribution in [3.8, 4) is 0 Å². The second kappa shape index (κ2) is 19.5. The first-order valence-corrected chi connectivity index (χ1v) is 24.9. The zero-order valence-corrected chi connectivity index (χ0v) is 36.6. The van der Waals surface area contributed by atoms with Crippen molar-refractivity contribution < 1.29 is 42.6 Å². The number of amides is 2. The molecule has 13 heteroatoms. The number of ketones is 1. The topological polar surface area (TPSA) is 146 Å². The summed E-state index contributed by atoms with van der Waals surface area (Å²) in [4.78, 5) is 67.6.